The van der Waals surface area contributed by atoms with Gasteiger partial charge in [-0.05, 0) is 13.0 Å². The lowest BCUT2D eigenvalue weighted by Gasteiger charge is -2.18. The molecule has 2 rings (SSSR count). The van der Waals surface area contributed by atoms with E-state index in [4.69, 9.17) is 9.47 Å². The Morgan fingerprint density at radius 1 is 1.27 bits per heavy atom. The minimum atomic E-state index is -3.82. The van der Waals surface area contributed by atoms with Crippen LogP contribution in [0.2, 0.25) is 0 Å². The summed E-state index contributed by atoms with van der Waals surface area (Å²) >= 11 is 0. The van der Waals surface area contributed by atoms with E-state index in [1.165, 1.54) is 11.1 Å². The van der Waals surface area contributed by atoms with E-state index in [-0.39, 0.29) is 18.0 Å². The zero-order chi connectivity index (χ0) is 22.3. The molecule has 30 heavy (non-hydrogen) atoms. The van der Waals surface area contributed by atoms with E-state index in [0.717, 1.165) is 5.56 Å². The van der Waals surface area contributed by atoms with E-state index < -0.39 is 28.5 Å². The van der Waals surface area contributed by atoms with Crippen LogP contribution in [0.4, 0.5) is 0 Å². The molecule has 0 aliphatic carbocycles. The fourth-order valence-electron chi connectivity index (χ4n) is 2.52. The molecule has 2 aromatic rings. The number of aryl methyl sites for hydroxylation is 2. The molecule has 1 aromatic heterocycles. The van der Waals surface area contributed by atoms with Crippen molar-refractivity contribution in [3.63, 3.8) is 0 Å². The maximum absolute atomic E-state index is 12.2. The van der Waals surface area contributed by atoms with Gasteiger partial charge in [-0.25, -0.2) is 18.1 Å². The highest BCUT2D eigenvalue weighted by molar-refractivity contribution is 7.89. The maximum Gasteiger partial charge on any atom is 0.307 e. The van der Waals surface area contributed by atoms with Crippen LogP contribution in [0, 0.1) is 6.92 Å². The smallest absolute Gasteiger partial charge is 0.307 e. The number of amides is 1. The zero-order valence-corrected chi connectivity index (χ0v) is 18.2. The van der Waals surface area contributed by atoms with Crippen LogP contribution in [0.15, 0.2) is 35.5 Å². The zero-order valence-electron chi connectivity index (χ0n) is 17.4. The molecule has 1 aromatic carbocycles. The van der Waals surface area contributed by atoms with Crippen LogP contribution < -0.4 is 9.46 Å². The molecule has 164 valence electrons. The largest absolute Gasteiger partial charge is 0.496 e. The Morgan fingerprint density at radius 2 is 1.97 bits per heavy atom. The fraction of sp³-hybridized carbons (Fsp3) is 0.421. The van der Waals surface area contributed by atoms with E-state index in [1.807, 2.05) is 18.2 Å². The molecule has 1 amide bonds. The summed E-state index contributed by atoms with van der Waals surface area (Å²) in [5.74, 6) is 0.128. The minimum absolute atomic E-state index is 0.121. The van der Waals surface area contributed by atoms with Crippen molar-refractivity contribution in [3.8, 4) is 5.75 Å². The number of methoxy groups -OCH3 is 1. The first-order valence-electron chi connectivity index (χ1n) is 9.15. The van der Waals surface area contributed by atoms with Crippen LogP contribution in [-0.4, -0.2) is 62.1 Å². The Hall–Kier alpha value is -2.92. The first-order chi connectivity index (χ1) is 14.1. The van der Waals surface area contributed by atoms with Crippen LogP contribution in [-0.2, 0) is 37.9 Å². The van der Waals surface area contributed by atoms with Crippen molar-refractivity contribution in [2.75, 3.05) is 27.3 Å². The van der Waals surface area contributed by atoms with Gasteiger partial charge in [0, 0.05) is 38.9 Å². The van der Waals surface area contributed by atoms with E-state index in [2.05, 4.69) is 9.71 Å². The van der Waals surface area contributed by atoms with Gasteiger partial charge in [0.15, 0.2) is 11.6 Å². The number of hydrogen-bond acceptors (Lipinski definition) is 7. The lowest BCUT2D eigenvalue weighted by atomic mass is 10.2. The fourth-order valence-corrected chi connectivity index (χ4v) is 3.59. The summed E-state index contributed by atoms with van der Waals surface area (Å²) in [5.41, 5.74) is 0.821. The number of sulfonamides is 1. The van der Waals surface area contributed by atoms with Crippen LogP contribution in [0.1, 0.15) is 17.8 Å². The van der Waals surface area contributed by atoms with Gasteiger partial charge in [0.05, 0.1) is 13.5 Å². The number of nitrogens with one attached hydrogen (secondary N) is 1. The number of likely N-dealkylation sites (N-methyl/N-ethyl adjacent to an activating group) is 1. The van der Waals surface area contributed by atoms with Crippen LogP contribution in [0.5, 0.6) is 5.75 Å². The van der Waals surface area contributed by atoms with E-state index in [0.29, 0.717) is 18.1 Å². The lowest BCUT2D eigenvalue weighted by molar-refractivity contribution is -0.151. The lowest BCUT2D eigenvalue weighted by Crippen LogP contribution is -2.32. The van der Waals surface area contributed by atoms with Gasteiger partial charge in [0.25, 0.3) is 15.9 Å². The highest BCUT2D eigenvalue weighted by atomic mass is 32.2. The number of benzene rings is 1. The van der Waals surface area contributed by atoms with Crippen LogP contribution in [0.25, 0.3) is 0 Å². The number of carbonyl (C=O) groups is 2. The number of nitrogens with zero attached hydrogens (tertiary/aromatic N) is 3. The van der Waals surface area contributed by atoms with Crippen LogP contribution in [0.3, 0.4) is 0 Å². The van der Waals surface area contributed by atoms with E-state index in [1.54, 1.807) is 38.8 Å². The summed E-state index contributed by atoms with van der Waals surface area (Å²) < 4.78 is 38.4. The predicted molar refractivity (Wildman–Crippen MR) is 108 cm³/mol. The molecule has 11 heteroatoms. The molecule has 0 saturated heterocycles. The Kier molecular flexibility index (Phi) is 7.95. The van der Waals surface area contributed by atoms with Gasteiger partial charge in [-0.15, -0.1) is 0 Å². The number of hydrogen-bond donors (Lipinski definition) is 1. The molecule has 0 aliphatic heterocycles. The summed E-state index contributed by atoms with van der Waals surface area (Å²) in [6.07, 6.45) is 1.17. The van der Waals surface area contributed by atoms with Crippen molar-refractivity contribution in [2.45, 2.75) is 24.9 Å². The maximum atomic E-state index is 12.2. The number of aromatic nitrogens is 2. The van der Waals surface area contributed by atoms with Gasteiger partial charge in [0.1, 0.15) is 11.6 Å². The number of ether oxygens (including phenoxy) is 2. The van der Waals surface area contributed by atoms with E-state index in [9.17, 15) is 18.0 Å². The SMILES string of the molecule is COc1ccccc1CN(C)C(=O)COC(=O)CCNS(=O)(=O)c1cn(C)c(C)n1. The molecule has 0 unspecified atom stereocenters. The third kappa shape index (κ3) is 6.29. The summed E-state index contributed by atoms with van der Waals surface area (Å²) in [7, 11) is 0.997. The molecule has 1 heterocycles. The van der Waals surface area contributed by atoms with Gasteiger partial charge in [0.2, 0.25) is 0 Å². The second-order valence-electron chi connectivity index (χ2n) is 6.61. The standard InChI is InChI=1S/C19H26N4O6S/c1-14-21-17(12-22(14)2)30(26,27)20-10-9-19(25)29-13-18(24)23(3)11-15-7-5-6-8-16(15)28-4/h5-8,12,20H,9-11,13H2,1-4H3. The second-order valence-corrected chi connectivity index (χ2v) is 8.32. The minimum Gasteiger partial charge on any atom is -0.496 e. The molecule has 1 N–H and O–H groups in total. The van der Waals surface area contributed by atoms with Crippen molar-refractivity contribution in [3.05, 3.63) is 41.9 Å². The number of esters is 1. The van der Waals surface area contributed by atoms with Crippen molar-refractivity contribution in [1.82, 2.24) is 19.2 Å². The summed E-state index contributed by atoms with van der Waals surface area (Å²) in [6.45, 7) is 1.38. The highest BCUT2D eigenvalue weighted by Gasteiger charge is 2.19. The van der Waals surface area contributed by atoms with Crippen molar-refractivity contribution in [2.24, 2.45) is 7.05 Å². The van der Waals surface area contributed by atoms with Crippen LogP contribution >= 0.6 is 0 Å². The highest BCUT2D eigenvalue weighted by Crippen LogP contribution is 2.18. The molecule has 0 aliphatic rings. The summed E-state index contributed by atoms with van der Waals surface area (Å²) in [5, 5.41) is -0.121. The number of carbonyl (C=O) groups excluding carboxylic acids is 2. The van der Waals surface area contributed by atoms with Gasteiger partial charge < -0.3 is 18.9 Å². The number of para-hydroxylation sites is 1. The second kappa shape index (κ2) is 10.2. The number of rotatable bonds is 10. The van der Waals surface area contributed by atoms with Crippen molar-refractivity contribution < 1.29 is 27.5 Å². The average molecular weight is 439 g/mol. The first-order valence-corrected chi connectivity index (χ1v) is 10.6. The average Bonchev–Trinajstić information content (AvgIpc) is 3.05. The molecule has 0 saturated carbocycles. The third-order valence-corrected chi connectivity index (χ3v) is 5.70. The predicted octanol–water partition coefficient (Wildman–Crippen LogP) is 0.607. The topological polar surface area (TPSA) is 120 Å². The molecule has 0 spiro atoms. The molecular formula is C19H26N4O6S. The summed E-state index contributed by atoms with van der Waals surface area (Å²) in [6, 6.07) is 7.30. The Balaban J connectivity index is 1.76. The molecule has 0 fully saturated rings. The summed E-state index contributed by atoms with van der Waals surface area (Å²) in [4.78, 5) is 29.4. The van der Waals surface area contributed by atoms with Gasteiger partial charge in [-0.2, -0.15) is 0 Å². The third-order valence-electron chi connectivity index (χ3n) is 4.37. The van der Waals surface area contributed by atoms with Gasteiger partial charge in [-0.3, -0.25) is 9.59 Å². The molecule has 0 bridgehead atoms. The molecule has 0 atom stereocenters. The normalized spacial score (nSPS) is 11.2. The quantitative estimate of drug-likeness (QED) is 0.540. The molecule has 10 nitrogen and oxygen atoms in total. The Labute approximate surface area is 175 Å². The van der Waals surface area contributed by atoms with Crippen molar-refractivity contribution >= 4 is 21.9 Å². The Morgan fingerprint density at radius 3 is 2.60 bits per heavy atom. The number of imidazole rings is 1. The van der Waals surface area contributed by atoms with Gasteiger partial charge >= 0.3 is 5.97 Å². The Bertz CT molecular complexity index is 983. The van der Waals surface area contributed by atoms with Crippen molar-refractivity contribution in [1.29, 1.82) is 0 Å². The molecular weight excluding hydrogens is 412 g/mol. The monoisotopic (exact) mass is 438 g/mol. The molecule has 0 radical (unpaired) electrons. The first kappa shape index (κ1) is 23.4. The van der Waals surface area contributed by atoms with Gasteiger partial charge in [-0.1, -0.05) is 18.2 Å². The van der Waals surface area contributed by atoms with E-state index >= 15 is 0 Å².